The molecule has 0 fully saturated rings. The molecule has 0 aliphatic carbocycles. The first-order valence-corrected chi connectivity index (χ1v) is 5.53. The maximum absolute atomic E-state index is 4.38. The molecular formula is C12H22N2. The van der Waals surface area contributed by atoms with Crippen molar-refractivity contribution in [2.24, 2.45) is 11.8 Å². The van der Waals surface area contributed by atoms with Gasteiger partial charge in [0.2, 0.25) is 0 Å². The van der Waals surface area contributed by atoms with Crippen LogP contribution in [0.4, 0.5) is 0 Å². The van der Waals surface area contributed by atoms with Crippen LogP contribution in [0.15, 0.2) is 12.4 Å². The summed E-state index contributed by atoms with van der Waals surface area (Å²) in [5, 5.41) is 4.38. The molecule has 1 aromatic heterocycles. The summed E-state index contributed by atoms with van der Waals surface area (Å²) in [5.41, 5.74) is 1.36. The predicted molar refractivity (Wildman–Crippen MR) is 60.3 cm³/mol. The third kappa shape index (κ3) is 2.86. The van der Waals surface area contributed by atoms with E-state index in [-0.39, 0.29) is 0 Å². The molecule has 0 bridgehead atoms. The minimum Gasteiger partial charge on any atom is -0.272 e. The second-order valence-corrected chi connectivity index (χ2v) is 4.92. The number of rotatable bonds is 4. The highest BCUT2D eigenvalue weighted by molar-refractivity contribution is 5.10. The predicted octanol–water partition coefficient (Wildman–Crippen LogP) is 3.30. The van der Waals surface area contributed by atoms with Crippen molar-refractivity contribution >= 4 is 0 Å². The summed E-state index contributed by atoms with van der Waals surface area (Å²) in [6.45, 7) is 12.2. The van der Waals surface area contributed by atoms with Gasteiger partial charge in [-0.2, -0.15) is 5.10 Å². The van der Waals surface area contributed by atoms with Crippen molar-refractivity contribution in [1.29, 1.82) is 0 Å². The van der Waals surface area contributed by atoms with Crippen LogP contribution in [-0.2, 0) is 6.54 Å². The summed E-state index contributed by atoms with van der Waals surface area (Å²) in [4.78, 5) is 0. The van der Waals surface area contributed by atoms with Gasteiger partial charge in [0.1, 0.15) is 0 Å². The summed E-state index contributed by atoms with van der Waals surface area (Å²) < 4.78 is 2.05. The lowest BCUT2D eigenvalue weighted by atomic mass is 9.93. The quantitative estimate of drug-likeness (QED) is 0.719. The molecule has 2 heteroatoms. The van der Waals surface area contributed by atoms with Gasteiger partial charge < -0.3 is 0 Å². The molecule has 14 heavy (non-hydrogen) atoms. The maximum atomic E-state index is 4.38. The zero-order valence-corrected chi connectivity index (χ0v) is 9.99. The van der Waals surface area contributed by atoms with E-state index in [2.05, 4.69) is 50.6 Å². The lowest BCUT2D eigenvalue weighted by Crippen LogP contribution is -2.05. The van der Waals surface area contributed by atoms with Crippen molar-refractivity contribution in [2.75, 3.05) is 0 Å². The first-order chi connectivity index (χ1) is 6.50. The van der Waals surface area contributed by atoms with E-state index >= 15 is 0 Å². The van der Waals surface area contributed by atoms with Gasteiger partial charge in [-0.05, 0) is 23.3 Å². The molecule has 0 radical (unpaired) electrons. The molecule has 80 valence electrons. The lowest BCUT2D eigenvalue weighted by Gasteiger charge is -2.12. The first kappa shape index (κ1) is 11.3. The van der Waals surface area contributed by atoms with E-state index in [1.54, 1.807) is 0 Å². The third-order valence-corrected chi connectivity index (χ3v) is 2.73. The van der Waals surface area contributed by atoms with Gasteiger partial charge in [-0.25, -0.2) is 0 Å². The van der Waals surface area contributed by atoms with Gasteiger partial charge in [0.05, 0.1) is 6.20 Å². The van der Waals surface area contributed by atoms with Crippen molar-refractivity contribution in [3.05, 3.63) is 18.0 Å². The van der Waals surface area contributed by atoms with Crippen LogP contribution in [0, 0.1) is 11.8 Å². The summed E-state index contributed by atoms with van der Waals surface area (Å²) >= 11 is 0. The van der Waals surface area contributed by atoms with Gasteiger partial charge in [-0.1, -0.05) is 34.6 Å². The van der Waals surface area contributed by atoms with Crippen LogP contribution in [0.5, 0.6) is 0 Å². The molecule has 0 saturated heterocycles. The smallest absolute Gasteiger partial charge is 0.0524 e. The molecule has 2 nitrogen and oxygen atoms in total. The van der Waals surface area contributed by atoms with E-state index in [0.29, 0.717) is 17.8 Å². The third-order valence-electron chi connectivity index (χ3n) is 2.73. The Kier molecular flexibility index (Phi) is 3.73. The van der Waals surface area contributed by atoms with E-state index in [4.69, 9.17) is 0 Å². The Morgan fingerprint density at radius 1 is 1.21 bits per heavy atom. The Morgan fingerprint density at radius 3 is 2.36 bits per heavy atom. The molecule has 1 atom stereocenters. The van der Waals surface area contributed by atoms with E-state index in [9.17, 15) is 0 Å². The van der Waals surface area contributed by atoms with E-state index in [1.165, 1.54) is 5.56 Å². The minimum atomic E-state index is 0.607. The van der Waals surface area contributed by atoms with Gasteiger partial charge in [-0.15, -0.1) is 0 Å². The first-order valence-electron chi connectivity index (χ1n) is 5.53. The Hall–Kier alpha value is -0.790. The molecule has 0 aliphatic rings. The second kappa shape index (κ2) is 4.63. The highest BCUT2D eigenvalue weighted by Gasteiger charge is 2.11. The van der Waals surface area contributed by atoms with Crippen LogP contribution in [0.3, 0.4) is 0 Å². The average molecular weight is 194 g/mol. The number of hydrogen-bond donors (Lipinski definition) is 0. The van der Waals surface area contributed by atoms with Crippen molar-refractivity contribution in [3.8, 4) is 0 Å². The normalized spacial score (nSPS) is 13.9. The van der Waals surface area contributed by atoms with Crippen molar-refractivity contribution in [2.45, 2.75) is 47.1 Å². The summed E-state index contributed by atoms with van der Waals surface area (Å²) in [5.74, 6) is 1.96. The summed E-state index contributed by atoms with van der Waals surface area (Å²) in [6, 6.07) is 0. The molecule has 0 saturated carbocycles. The SMILES string of the molecule is CC(C)Cn1cc([C@@H](C)C(C)C)cn1. The van der Waals surface area contributed by atoms with Crippen molar-refractivity contribution in [1.82, 2.24) is 9.78 Å². The Balaban J connectivity index is 2.67. The molecule has 0 amide bonds. The summed E-state index contributed by atoms with van der Waals surface area (Å²) in [7, 11) is 0. The Morgan fingerprint density at radius 2 is 1.86 bits per heavy atom. The van der Waals surface area contributed by atoms with Gasteiger partial charge in [0.25, 0.3) is 0 Å². The van der Waals surface area contributed by atoms with E-state index < -0.39 is 0 Å². The number of hydrogen-bond acceptors (Lipinski definition) is 1. The van der Waals surface area contributed by atoms with E-state index in [0.717, 1.165) is 6.54 Å². The Labute approximate surface area is 87.3 Å². The van der Waals surface area contributed by atoms with Gasteiger partial charge >= 0.3 is 0 Å². The van der Waals surface area contributed by atoms with Gasteiger partial charge in [-0.3, -0.25) is 4.68 Å². The highest BCUT2D eigenvalue weighted by atomic mass is 15.3. The lowest BCUT2D eigenvalue weighted by molar-refractivity contribution is 0.481. The largest absolute Gasteiger partial charge is 0.272 e. The van der Waals surface area contributed by atoms with Gasteiger partial charge in [0, 0.05) is 12.7 Å². The zero-order valence-electron chi connectivity index (χ0n) is 9.99. The van der Waals surface area contributed by atoms with Crippen molar-refractivity contribution < 1.29 is 0 Å². The molecule has 1 rings (SSSR count). The molecule has 1 heterocycles. The number of nitrogens with zero attached hydrogens (tertiary/aromatic N) is 2. The molecule has 0 spiro atoms. The monoisotopic (exact) mass is 194 g/mol. The van der Waals surface area contributed by atoms with E-state index in [1.807, 2.05) is 6.20 Å². The minimum absolute atomic E-state index is 0.607. The number of aromatic nitrogens is 2. The fourth-order valence-electron chi connectivity index (χ4n) is 1.47. The van der Waals surface area contributed by atoms with Crippen LogP contribution >= 0.6 is 0 Å². The standard InChI is InChI=1S/C12H22N2/c1-9(2)7-14-8-12(6-13-14)11(5)10(3)4/h6,8-11H,7H2,1-5H3/t11-/m0/s1. The van der Waals surface area contributed by atoms with Crippen LogP contribution in [0.25, 0.3) is 0 Å². The van der Waals surface area contributed by atoms with Crippen molar-refractivity contribution in [3.63, 3.8) is 0 Å². The molecule has 0 unspecified atom stereocenters. The fourth-order valence-corrected chi connectivity index (χ4v) is 1.47. The molecule has 0 N–H and O–H groups in total. The fraction of sp³-hybridized carbons (Fsp3) is 0.750. The van der Waals surface area contributed by atoms with Crippen LogP contribution < -0.4 is 0 Å². The maximum Gasteiger partial charge on any atom is 0.0524 e. The average Bonchev–Trinajstić information content (AvgIpc) is 2.50. The molecule has 1 aromatic rings. The van der Waals surface area contributed by atoms with Crippen LogP contribution in [0.2, 0.25) is 0 Å². The second-order valence-electron chi connectivity index (χ2n) is 4.92. The van der Waals surface area contributed by atoms with Crippen LogP contribution in [0.1, 0.15) is 46.1 Å². The zero-order chi connectivity index (χ0) is 10.7. The molecular weight excluding hydrogens is 172 g/mol. The molecule has 0 aliphatic heterocycles. The Bertz CT molecular complexity index is 274. The highest BCUT2D eigenvalue weighted by Crippen LogP contribution is 2.22. The topological polar surface area (TPSA) is 17.8 Å². The summed E-state index contributed by atoms with van der Waals surface area (Å²) in [6.07, 6.45) is 4.19. The van der Waals surface area contributed by atoms with Gasteiger partial charge in [0.15, 0.2) is 0 Å². The molecule has 0 aromatic carbocycles. The van der Waals surface area contributed by atoms with Crippen LogP contribution in [-0.4, -0.2) is 9.78 Å².